The fourth-order valence-electron chi connectivity index (χ4n) is 4.40. The second kappa shape index (κ2) is 8.05. The number of para-hydroxylation sites is 3. The molecule has 0 fully saturated rings. The summed E-state index contributed by atoms with van der Waals surface area (Å²) in [6.45, 7) is 6.96. The van der Waals surface area contributed by atoms with E-state index in [1.54, 1.807) is 7.11 Å². The molecule has 2 aliphatic rings. The maximum Gasteiger partial charge on any atom is 0.166 e. The van der Waals surface area contributed by atoms with E-state index in [9.17, 15) is 4.79 Å². The average molecular weight is 407 g/mol. The minimum atomic E-state index is -0.318. The summed E-state index contributed by atoms with van der Waals surface area (Å²) in [6, 6.07) is 13.6. The van der Waals surface area contributed by atoms with Crippen LogP contribution in [0.15, 0.2) is 53.7 Å². The van der Waals surface area contributed by atoms with E-state index in [1.165, 1.54) is 0 Å². The standard InChI is InChI=1S/C25H30N2O3/c1-5-13-30-24-16(9-8-12-21(24)29-4)23-22-19(14-25(2,3)15-20(22)28)26-17-10-6-7-11-18(17)27-23/h6-12,23,26-27H,5,13-15H2,1-4H3. The number of carbonyl (C=O) groups is 1. The van der Waals surface area contributed by atoms with Crippen LogP contribution >= 0.6 is 0 Å². The molecule has 0 spiro atoms. The van der Waals surface area contributed by atoms with Gasteiger partial charge in [0.15, 0.2) is 17.3 Å². The molecule has 1 aliphatic heterocycles. The number of hydrogen-bond donors (Lipinski definition) is 2. The van der Waals surface area contributed by atoms with Gasteiger partial charge in [-0.15, -0.1) is 0 Å². The Balaban J connectivity index is 1.90. The van der Waals surface area contributed by atoms with Gasteiger partial charge in [0, 0.05) is 23.3 Å². The Morgan fingerprint density at radius 1 is 1.07 bits per heavy atom. The number of methoxy groups -OCH3 is 1. The largest absolute Gasteiger partial charge is 0.493 e. The van der Waals surface area contributed by atoms with Crippen LogP contribution in [0.2, 0.25) is 0 Å². The molecule has 0 saturated heterocycles. The highest BCUT2D eigenvalue weighted by Gasteiger charge is 2.39. The van der Waals surface area contributed by atoms with Crippen molar-refractivity contribution < 1.29 is 14.3 Å². The molecular weight excluding hydrogens is 376 g/mol. The molecule has 0 radical (unpaired) electrons. The van der Waals surface area contributed by atoms with Gasteiger partial charge in [-0.3, -0.25) is 4.79 Å². The van der Waals surface area contributed by atoms with Crippen molar-refractivity contribution >= 4 is 17.2 Å². The van der Waals surface area contributed by atoms with E-state index in [0.29, 0.717) is 24.5 Å². The van der Waals surface area contributed by atoms with Crippen molar-refractivity contribution in [2.45, 2.75) is 46.1 Å². The van der Waals surface area contributed by atoms with E-state index in [-0.39, 0.29) is 17.2 Å². The zero-order valence-corrected chi connectivity index (χ0v) is 18.2. The monoisotopic (exact) mass is 406 g/mol. The number of nitrogens with one attached hydrogen (secondary N) is 2. The first-order valence-electron chi connectivity index (χ1n) is 10.6. The van der Waals surface area contributed by atoms with Crippen LogP contribution in [-0.2, 0) is 4.79 Å². The molecule has 0 saturated carbocycles. The van der Waals surface area contributed by atoms with Gasteiger partial charge in [-0.2, -0.15) is 0 Å². The molecule has 1 unspecified atom stereocenters. The van der Waals surface area contributed by atoms with Crippen LogP contribution in [0.5, 0.6) is 11.5 Å². The summed E-state index contributed by atoms with van der Waals surface area (Å²) in [7, 11) is 1.65. The Kier molecular flexibility index (Phi) is 5.46. The van der Waals surface area contributed by atoms with Crippen molar-refractivity contribution in [3.63, 3.8) is 0 Å². The lowest BCUT2D eigenvalue weighted by atomic mass is 9.73. The van der Waals surface area contributed by atoms with Gasteiger partial charge < -0.3 is 20.1 Å². The van der Waals surface area contributed by atoms with Gasteiger partial charge in [-0.1, -0.05) is 45.0 Å². The number of Topliss-reactive ketones (excluding diaryl/α,β-unsaturated/α-hetero) is 1. The van der Waals surface area contributed by atoms with Crippen LogP contribution in [0.25, 0.3) is 0 Å². The summed E-state index contributed by atoms with van der Waals surface area (Å²) < 4.78 is 11.7. The molecule has 5 nitrogen and oxygen atoms in total. The number of fused-ring (bicyclic) bond motifs is 1. The number of ketones is 1. The first-order valence-corrected chi connectivity index (χ1v) is 10.6. The van der Waals surface area contributed by atoms with Gasteiger partial charge in [-0.25, -0.2) is 0 Å². The highest BCUT2D eigenvalue weighted by atomic mass is 16.5. The molecular formula is C25H30N2O3. The Hall–Kier alpha value is -2.95. The number of rotatable bonds is 5. The molecule has 4 rings (SSSR count). The molecule has 2 aromatic rings. The Bertz CT molecular complexity index is 994. The van der Waals surface area contributed by atoms with Gasteiger partial charge in [0.25, 0.3) is 0 Å². The number of anilines is 2. The zero-order chi connectivity index (χ0) is 21.3. The summed E-state index contributed by atoms with van der Waals surface area (Å²) in [5, 5.41) is 7.19. The minimum Gasteiger partial charge on any atom is -0.493 e. The maximum atomic E-state index is 13.4. The van der Waals surface area contributed by atoms with E-state index in [4.69, 9.17) is 9.47 Å². The first-order chi connectivity index (χ1) is 14.4. The summed E-state index contributed by atoms with van der Waals surface area (Å²) in [4.78, 5) is 13.4. The van der Waals surface area contributed by atoms with E-state index in [2.05, 4.69) is 31.4 Å². The maximum absolute atomic E-state index is 13.4. The van der Waals surface area contributed by atoms with E-state index in [0.717, 1.165) is 41.1 Å². The molecule has 5 heteroatoms. The Labute approximate surface area is 178 Å². The molecule has 0 bridgehead atoms. The number of ether oxygens (including phenoxy) is 2. The summed E-state index contributed by atoms with van der Waals surface area (Å²) in [6.07, 6.45) is 2.23. The fourth-order valence-corrected chi connectivity index (χ4v) is 4.40. The summed E-state index contributed by atoms with van der Waals surface area (Å²) in [5.41, 5.74) is 4.57. The van der Waals surface area contributed by atoms with Crippen molar-refractivity contribution in [1.82, 2.24) is 0 Å². The SMILES string of the molecule is CCCOc1c(OC)cccc1C1Nc2ccccc2NC2=C1C(=O)CC(C)(C)C2. The van der Waals surface area contributed by atoms with E-state index in [1.807, 2.05) is 42.5 Å². The van der Waals surface area contributed by atoms with Gasteiger partial charge >= 0.3 is 0 Å². The van der Waals surface area contributed by atoms with Crippen molar-refractivity contribution in [1.29, 1.82) is 0 Å². The summed E-state index contributed by atoms with van der Waals surface area (Å²) in [5.74, 6) is 1.55. The third-order valence-corrected chi connectivity index (χ3v) is 5.71. The molecule has 0 amide bonds. The number of hydrogen-bond acceptors (Lipinski definition) is 5. The lowest BCUT2D eigenvalue weighted by Gasteiger charge is -2.34. The highest BCUT2D eigenvalue weighted by molar-refractivity contribution is 6.01. The summed E-state index contributed by atoms with van der Waals surface area (Å²) >= 11 is 0. The van der Waals surface area contributed by atoms with Crippen molar-refractivity contribution in [3.8, 4) is 11.5 Å². The normalized spacial score (nSPS) is 19.7. The molecule has 1 atom stereocenters. The minimum absolute atomic E-state index is 0.0807. The molecule has 158 valence electrons. The Morgan fingerprint density at radius 2 is 1.83 bits per heavy atom. The zero-order valence-electron chi connectivity index (χ0n) is 18.2. The van der Waals surface area contributed by atoms with Crippen LogP contribution in [0, 0.1) is 5.41 Å². The molecule has 30 heavy (non-hydrogen) atoms. The second-order valence-corrected chi connectivity index (χ2v) is 8.81. The quantitative estimate of drug-likeness (QED) is 0.666. The van der Waals surface area contributed by atoms with Crippen LogP contribution < -0.4 is 20.1 Å². The van der Waals surface area contributed by atoms with Crippen molar-refractivity contribution in [2.24, 2.45) is 5.41 Å². The topological polar surface area (TPSA) is 59.6 Å². The Morgan fingerprint density at radius 3 is 2.57 bits per heavy atom. The molecule has 2 aromatic carbocycles. The number of benzene rings is 2. The lowest BCUT2D eigenvalue weighted by molar-refractivity contribution is -0.118. The van der Waals surface area contributed by atoms with Gasteiger partial charge in [-0.05, 0) is 36.5 Å². The third kappa shape index (κ3) is 3.76. The second-order valence-electron chi connectivity index (χ2n) is 8.81. The predicted molar refractivity (Wildman–Crippen MR) is 120 cm³/mol. The smallest absolute Gasteiger partial charge is 0.166 e. The van der Waals surface area contributed by atoms with Crippen LogP contribution in [0.3, 0.4) is 0 Å². The third-order valence-electron chi connectivity index (χ3n) is 5.71. The average Bonchev–Trinajstić information content (AvgIpc) is 2.87. The van der Waals surface area contributed by atoms with Crippen LogP contribution in [-0.4, -0.2) is 19.5 Å². The predicted octanol–water partition coefficient (Wildman–Crippen LogP) is 5.71. The first kappa shape index (κ1) is 20.3. The van der Waals surface area contributed by atoms with Crippen molar-refractivity contribution in [3.05, 3.63) is 59.3 Å². The van der Waals surface area contributed by atoms with Crippen LogP contribution in [0.4, 0.5) is 11.4 Å². The fraction of sp³-hybridized carbons (Fsp3) is 0.400. The van der Waals surface area contributed by atoms with Gasteiger partial charge in [0.2, 0.25) is 0 Å². The molecule has 1 aliphatic carbocycles. The molecule has 2 N–H and O–H groups in total. The number of allylic oxidation sites excluding steroid dienone is 1. The molecule has 1 heterocycles. The highest BCUT2D eigenvalue weighted by Crippen LogP contribution is 2.48. The molecule has 0 aromatic heterocycles. The van der Waals surface area contributed by atoms with E-state index < -0.39 is 0 Å². The van der Waals surface area contributed by atoms with Gasteiger partial charge in [0.1, 0.15) is 0 Å². The van der Waals surface area contributed by atoms with Crippen molar-refractivity contribution in [2.75, 3.05) is 24.4 Å². The number of carbonyl (C=O) groups excluding carboxylic acids is 1. The van der Waals surface area contributed by atoms with Gasteiger partial charge in [0.05, 0.1) is 31.1 Å². The van der Waals surface area contributed by atoms with E-state index >= 15 is 0 Å². The lowest BCUT2D eigenvalue weighted by Crippen LogP contribution is -2.31. The van der Waals surface area contributed by atoms with Crippen LogP contribution in [0.1, 0.15) is 51.6 Å².